The Balaban J connectivity index is 2.49. The van der Waals surface area contributed by atoms with Crippen LogP contribution in [0.5, 0.6) is 0 Å². The second kappa shape index (κ2) is 6.44. The van der Waals surface area contributed by atoms with E-state index in [-0.39, 0.29) is 0 Å². The van der Waals surface area contributed by atoms with E-state index in [2.05, 4.69) is 38.7 Å². The minimum Gasteiger partial charge on any atom is -0.317 e. The molecule has 1 nitrogen and oxygen atoms in total. The smallest absolute Gasteiger partial charge is 0.00180 e. The largest absolute Gasteiger partial charge is 0.317 e. The van der Waals surface area contributed by atoms with Gasteiger partial charge in [-0.25, -0.2) is 0 Å². The summed E-state index contributed by atoms with van der Waals surface area (Å²) in [4.78, 5) is 0. The van der Waals surface area contributed by atoms with Gasteiger partial charge in [0.2, 0.25) is 0 Å². The van der Waals surface area contributed by atoms with E-state index in [9.17, 15) is 0 Å². The molecule has 1 fully saturated rings. The van der Waals surface area contributed by atoms with Gasteiger partial charge in [0.25, 0.3) is 0 Å². The van der Waals surface area contributed by atoms with Gasteiger partial charge in [0.05, 0.1) is 0 Å². The Bertz CT molecular complexity index is 207. The predicted molar refractivity (Wildman–Crippen MR) is 72.6 cm³/mol. The summed E-state index contributed by atoms with van der Waals surface area (Å²) in [6, 6.07) is 0. The molecule has 1 N–H and O–H groups in total. The van der Waals surface area contributed by atoms with Crippen LogP contribution in [0.15, 0.2) is 12.7 Å². The van der Waals surface area contributed by atoms with E-state index < -0.39 is 0 Å². The molecule has 2 unspecified atom stereocenters. The van der Waals surface area contributed by atoms with Gasteiger partial charge in [-0.3, -0.25) is 0 Å². The number of nitrogens with one attached hydrogen (secondary N) is 1. The third-order valence-corrected chi connectivity index (χ3v) is 4.07. The summed E-state index contributed by atoms with van der Waals surface area (Å²) in [7, 11) is 0. The van der Waals surface area contributed by atoms with Crippen LogP contribution >= 0.6 is 0 Å². The lowest BCUT2D eigenvalue weighted by molar-refractivity contribution is 0.111. The maximum atomic E-state index is 3.85. The fraction of sp³-hybridized carbons (Fsp3) is 0.867. The maximum absolute atomic E-state index is 3.85. The molecular weight excluding hydrogens is 194 g/mol. The molecule has 1 aliphatic rings. The third-order valence-electron chi connectivity index (χ3n) is 4.07. The van der Waals surface area contributed by atoms with Crippen LogP contribution in [0.3, 0.4) is 0 Å². The third kappa shape index (κ3) is 4.29. The van der Waals surface area contributed by atoms with E-state index >= 15 is 0 Å². The lowest BCUT2D eigenvalue weighted by Crippen LogP contribution is -2.35. The van der Waals surface area contributed by atoms with Gasteiger partial charge < -0.3 is 5.32 Å². The highest BCUT2D eigenvalue weighted by Gasteiger charge is 2.33. The van der Waals surface area contributed by atoms with Crippen molar-refractivity contribution in [3.05, 3.63) is 12.7 Å². The van der Waals surface area contributed by atoms with E-state index in [4.69, 9.17) is 0 Å². The van der Waals surface area contributed by atoms with Gasteiger partial charge in [-0.1, -0.05) is 26.8 Å². The van der Waals surface area contributed by atoms with Crippen LogP contribution in [-0.2, 0) is 0 Å². The van der Waals surface area contributed by atoms with Crippen LogP contribution in [0.25, 0.3) is 0 Å². The van der Waals surface area contributed by atoms with E-state index in [1.165, 1.54) is 38.6 Å². The Kier molecular flexibility index (Phi) is 5.54. The second-order valence-electron chi connectivity index (χ2n) is 6.10. The van der Waals surface area contributed by atoms with Gasteiger partial charge in [-0.05, 0) is 62.4 Å². The molecule has 0 radical (unpaired) electrons. The predicted octanol–water partition coefficient (Wildman–Crippen LogP) is 4.00. The average Bonchev–Trinajstić information content (AvgIpc) is 2.24. The number of hydrogen-bond donors (Lipinski definition) is 1. The highest BCUT2D eigenvalue weighted by atomic mass is 14.8. The quantitative estimate of drug-likeness (QED) is 0.671. The SMILES string of the molecule is C=CCCC1CC(C)(C)CCC1CNCC. The molecular formula is C15H29N. The van der Waals surface area contributed by atoms with E-state index in [0.717, 1.165) is 18.4 Å². The Labute approximate surface area is 102 Å². The normalized spacial score (nSPS) is 28.9. The van der Waals surface area contributed by atoms with Gasteiger partial charge in [-0.2, -0.15) is 0 Å². The molecule has 0 aromatic heterocycles. The molecule has 0 amide bonds. The van der Waals surface area contributed by atoms with E-state index in [1.807, 2.05) is 0 Å². The first kappa shape index (κ1) is 13.8. The molecule has 0 saturated heterocycles. The highest BCUT2D eigenvalue weighted by Crippen LogP contribution is 2.43. The lowest BCUT2D eigenvalue weighted by atomic mass is 9.66. The van der Waals surface area contributed by atoms with Crippen molar-refractivity contribution >= 4 is 0 Å². The van der Waals surface area contributed by atoms with Gasteiger partial charge >= 0.3 is 0 Å². The van der Waals surface area contributed by atoms with Gasteiger partial charge in [-0.15, -0.1) is 6.58 Å². The molecule has 2 atom stereocenters. The first-order valence-corrected chi connectivity index (χ1v) is 6.90. The van der Waals surface area contributed by atoms with Crippen molar-refractivity contribution in [3.8, 4) is 0 Å². The summed E-state index contributed by atoms with van der Waals surface area (Å²) < 4.78 is 0. The molecule has 1 aliphatic carbocycles. The van der Waals surface area contributed by atoms with Crippen LogP contribution in [0, 0.1) is 17.3 Å². The zero-order valence-electron chi connectivity index (χ0n) is 11.4. The minimum absolute atomic E-state index is 0.564. The zero-order chi connectivity index (χ0) is 12.0. The monoisotopic (exact) mass is 223 g/mol. The fourth-order valence-corrected chi connectivity index (χ4v) is 3.06. The minimum atomic E-state index is 0.564. The topological polar surface area (TPSA) is 12.0 Å². The summed E-state index contributed by atoms with van der Waals surface area (Å²) in [5, 5.41) is 3.53. The summed E-state index contributed by atoms with van der Waals surface area (Å²) >= 11 is 0. The lowest BCUT2D eigenvalue weighted by Gasteiger charge is -2.41. The molecule has 0 spiro atoms. The molecule has 1 rings (SSSR count). The highest BCUT2D eigenvalue weighted by molar-refractivity contribution is 4.87. The maximum Gasteiger partial charge on any atom is -0.00180 e. The van der Waals surface area contributed by atoms with Crippen molar-refractivity contribution in [2.24, 2.45) is 17.3 Å². The van der Waals surface area contributed by atoms with Crippen LogP contribution in [0.2, 0.25) is 0 Å². The Hall–Kier alpha value is -0.300. The van der Waals surface area contributed by atoms with Crippen molar-refractivity contribution in [2.75, 3.05) is 13.1 Å². The summed E-state index contributed by atoms with van der Waals surface area (Å²) in [6.45, 7) is 13.2. The van der Waals surface area contributed by atoms with Crippen molar-refractivity contribution in [1.29, 1.82) is 0 Å². The molecule has 1 saturated carbocycles. The van der Waals surface area contributed by atoms with E-state index in [0.29, 0.717) is 5.41 Å². The number of rotatable bonds is 6. The molecule has 0 aliphatic heterocycles. The van der Waals surface area contributed by atoms with Crippen LogP contribution in [-0.4, -0.2) is 13.1 Å². The first-order chi connectivity index (χ1) is 7.59. The van der Waals surface area contributed by atoms with Crippen LogP contribution in [0.1, 0.15) is 52.9 Å². The first-order valence-electron chi connectivity index (χ1n) is 6.90. The van der Waals surface area contributed by atoms with Crippen LogP contribution in [0.4, 0.5) is 0 Å². The molecule has 0 heterocycles. The standard InChI is InChI=1S/C15H29N/c1-5-7-8-13-11-15(3,4)10-9-14(13)12-16-6-2/h5,13-14,16H,1,6-12H2,2-4H3. The summed E-state index contributed by atoms with van der Waals surface area (Å²) in [5.74, 6) is 1.80. The van der Waals surface area contributed by atoms with Gasteiger partial charge in [0, 0.05) is 0 Å². The van der Waals surface area contributed by atoms with Gasteiger partial charge in [0.1, 0.15) is 0 Å². The summed E-state index contributed by atoms with van der Waals surface area (Å²) in [5.41, 5.74) is 0.564. The Morgan fingerprint density at radius 3 is 2.75 bits per heavy atom. The van der Waals surface area contributed by atoms with Crippen molar-refractivity contribution in [2.45, 2.75) is 52.9 Å². The van der Waals surface area contributed by atoms with Crippen molar-refractivity contribution in [3.63, 3.8) is 0 Å². The molecule has 0 aromatic carbocycles. The fourth-order valence-electron chi connectivity index (χ4n) is 3.06. The van der Waals surface area contributed by atoms with E-state index in [1.54, 1.807) is 0 Å². The molecule has 94 valence electrons. The number of allylic oxidation sites excluding steroid dienone is 1. The molecule has 1 heteroatoms. The van der Waals surface area contributed by atoms with Crippen molar-refractivity contribution in [1.82, 2.24) is 5.32 Å². The molecule has 0 aromatic rings. The molecule has 0 bridgehead atoms. The molecule has 16 heavy (non-hydrogen) atoms. The Morgan fingerprint density at radius 1 is 1.38 bits per heavy atom. The second-order valence-corrected chi connectivity index (χ2v) is 6.10. The van der Waals surface area contributed by atoms with Crippen molar-refractivity contribution < 1.29 is 0 Å². The average molecular weight is 223 g/mol. The summed E-state index contributed by atoms with van der Waals surface area (Å²) in [6.07, 6.45) is 8.80. The number of hydrogen-bond acceptors (Lipinski definition) is 1. The van der Waals surface area contributed by atoms with Gasteiger partial charge in [0.15, 0.2) is 0 Å². The Morgan fingerprint density at radius 2 is 2.12 bits per heavy atom. The zero-order valence-corrected chi connectivity index (χ0v) is 11.4. The van der Waals surface area contributed by atoms with Crippen LogP contribution < -0.4 is 5.32 Å².